The molecule has 0 bridgehead atoms. The molecule has 1 fully saturated rings. The van der Waals surface area contributed by atoms with E-state index in [0.29, 0.717) is 38.3 Å². The summed E-state index contributed by atoms with van der Waals surface area (Å²) in [6, 6.07) is 3.13. The third-order valence-electron chi connectivity index (χ3n) is 3.30. The van der Waals surface area contributed by atoms with Crippen LogP contribution in [0.5, 0.6) is 5.75 Å². The van der Waals surface area contributed by atoms with Gasteiger partial charge in [0.2, 0.25) is 0 Å². The Bertz CT molecular complexity index is 689. The third-order valence-corrected chi connectivity index (χ3v) is 4.51. The minimum atomic E-state index is -0.249. The Morgan fingerprint density at radius 3 is 2.48 bits per heavy atom. The molecular formula is C15H17Br2N3O3. The third kappa shape index (κ3) is 3.53. The number of aliphatic imine (C=N–C) groups is 1. The molecule has 23 heavy (non-hydrogen) atoms. The highest BCUT2D eigenvalue weighted by Crippen LogP contribution is 2.34. The van der Waals surface area contributed by atoms with Crippen molar-refractivity contribution in [1.29, 1.82) is 0 Å². The van der Waals surface area contributed by atoms with Crippen molar-refractivity contribution < 1.29 is 14.6 Å². The zero-order chi connectivity index (χ0) is 17.3. The van der Waals surface area contributed by atoms with Gasteiger partial charge in [0, 0.05) is 12.6 Å². The average molecular weight is 447 g/mol. The van der Waals surface area contributed by atoms with Crippen LogP contribution in [-0.2, 0) is 4.74 Å². The number of hydrogen-bond donors (Lipinski definition) is 2. The molecule has 0 spiro atoms. The van der Waals surface area contributed by atoms with Crippen molar-refractivity contribution in [2.45, 2.75) is 20.0 Å². The highest BCUT2D eigenvalue weighted by Gasteiger charge is 2.33. The van der Waals surface area contributed by atoms with Crippen molar-refractivity contribution in [2.75, 3.05) is 13.6 Å². The maximum absolute atomic E-state index is 12.9. The first-order chi connectivity index (χ1) is 10.8. The average Bonchev–Trinajstić information content (AvgIpc) is 2.50. The summed E-state index contributed by atoms with van der Waals surface area (Å²) in [5.74, 6) is 0.602. The van der Waals surface area contributed by atoms with Gasteiger partial charge in [-0.1, -0.05) is 0 Å². The highest BCUT2D eigenvalue weighted by molar-refractivity contribution is 9.11. The van der Waals surface area contributed by atoms with Crippen LogP contribution in [0.15, 0.2) is 37.5 Å². The van der Waals surface area contributed by atoms with E-state index in [0.717, 1.165) is 0 Å². The lowest BCUT2D eigenvalue weighted by Gasteiger charge is -2.34. The van der Waals surface area contributed by atoms with Crippen molar-refractivity contribution in [1.82, 2.24) is 4.90 Å². The number of hydrogen-bond acceptors (Lipinski definition) is 5. The Balaban J connectivity index is 2.47. The van der Waals surface area contributed by atoms with Crippen molar-refractivity contribution in [3.05, 3.63) is 38.1 Å². The van der Waals surface area contributed by atoms with Crippen molar-refractivity contribution in [3.63, 3.8) is 0 Å². The van der Waals surface area contributed by atoms with Crippen LogP contribution in [0.1, 0.15) is 24.2 Å². The molecule has 1 aliphatic heterocycles. The zero-order valence-corrected chi connectivity index (χ0v) is 16.1. The number of halogens is 2. The second kappa shape index (κ2) is 6.92. The molecule has 1 aliphatic rings. The van der Waals surface area contributed by atoms with Gasteiger partial charge >= 0.3 is 0 Å². The molecule has 1 saturated heterocycles. The summed E-state index contributed by atoms with van der Waals surface area (Å²) in [6.07, 6.45) is -0.207. The maximum atomic E-state index is 12.9. The Kier molecular flexibility index (Phi) is 5.36. The van der Waals surface area contributed by atoms with Gasteiger partial charge in [0.1, 0.15) is 11.9 Å². The van der Waals surface area contributed by atoms with Gasteiger partial charge in [-0.15, -0.1) is 0 Å². The molecule has 0 unspecified atom stereocenters. The van der Waals surface area contributed by atoms with E-state index in [2.05, 4.69) is 36.9 Å². The number of nitrogens with two attached hydrogens (primary N) is 1. The van der Waals surface area contributed by atoms with Gasteiger partial charge in [0.05, 0.1) is 21.2 Å². The van der Waals surface area contributed by atoms with Gasteiger partial charge in [-0.3, -0.25) is 14.7 Å². The number of allylic oxidation sites excluding steroid dienone is 1. The van der Waals surface area contributed by atoms with Gasteiger partial charge in [-0.05, 0) is 57.8 Å². The molecular weight excluding hydrogens is 430 g/mol. The van der Waals surface area contributed by atoms with E-state index in [1.165, 1.54) is 4.90 Å². The summed E-state index contributed by atoms with van der Waals surface area (Å²) >= 11 is 6.47. The van der Waals surface area contributed by atoms with Gasteiger partial charge in [-0.25, -0.2) is 0 Å². The van der Waals surface area contributed by atoms with E-state index >= 15 is 0 Å². The summed E-state index contributed by atoms with van der Waals surface area (Å²) in [4.78, 5) is 18.6. The first-order valence-corrected chi connectivity index (χ1v) is 8.44. The van der Waals surface area contributed by atoms with Crippen molar-refractivity contribution in [2.24, 2.45) is 10.7 Å². The number of carbonyl (C=O) groups is 1. The molecule has 0 radical (unpaired) electrons. The van der Waals surface area contributed by atoms with Crippen LogP contribution in [0.25, 0.3) is 0 Å². The molecule has 0 aliphatic carbocycles. The van der Waals surface area contributed by atoms with Crippen LogP contribution in [0.2, 0.25) is 0 Å². The Hall–Kier alpha value is -1.54. The maximum Gasteiger partial charge on any atom is 0.259 e. The van der Waals surface area contributed by atoms with Gasteiger partial charge < -0.3 is 15.6 Å². The zero-order valence-electron chi connectivity index (χ0n) is 12.9. The lowest BCUT2D eigenvalue weighted by atomic mass is 10.1. The van der Waals surface area contributed by atoms with E-state index in [4.69, 9.17) is 10.5 Å². The van der Waals surface area contributed by atoms with Crippen LogP contribution >= 0.6 is 31.9 Å². The van der Waals surface area contributed by atoms with Gasteiger partial charge in [-0.2, -0.15) is 0 Å². The number of phenolic OH excluding ortho intramolecular Hbond substituents is 1. The molecule has 1 amide bonds. The molecule has 3 N–H and O–H groups in total. The van der Waals surface area contributed by atoms with Crippen LogP contribution < -0.4 is 5.73 Å². The monoisotopic (exact) mass is 445 g/mol. The lowest BCUT2D eigenvalue weighted by Crippen LogP contribution is -2.48. The largest absolute Gasteiger partial charge is 0.506 e. The number of ether oxygens (including phenoxy) is 1. The number of rotatable bonds is 1. The SMILES string of the molecule is CN=C1C(=C(C)N)O[C@H](C)CN1C(=O)c1cc(Br)c(O)c(Br)c1. The molecule has 2 rings (SSSR count). The van der Waals surface area contributed by atoms with Crippen LogP contribution in [0.4, 0.5) is 0 Å². The smallest absolute Gasteiger partial charge is 0.259 e. The normalized spacial score (nSPS) is 22.0. The van der Waals surface area contributed by atoms with Gasteiger partial charge in [0.15, 0.2) is 11.6 Å². The number of amides is 1. The first-order valence-electron chi connectivity index (χ1n) is 6.86. The van der Waals surface area contributed by atoms with E-state index in [-0.39, 0.29) is 17.8 Å². The predicted octanol–water partition coefficient (Wildman–Crippen LogP) is 3.00. The fraction of sp³-hybridized carbons (Fsp3) is 0.333. The molecule has 8 heteroatoms. The number of benzene rings is 1. The van der Waals surface area contributed by atoms with E-state index in [1.807, 2.05) is 6.92 Å². The number of aromatic hydroxyl groups is 1. The molecule has 124 valence electrons. The minimum absolute atomic E-state index is 0.0414. The number of amidine groups is 1. The molecule has 0 aromatic heterocycles. The van der Waals surface area contributed by atoms with Crippen LogP contribution in [0, 0.1) is 0 Å². The topological polar surface area (TPSA) is 88.2 Å². The summed E-state index contributed by atoms with van der Waals surface area (Å²) in [5, 5.41) is 9.79. The molecule has 0 saturated carbocycles. The summed E-state index contributed by atoms with van der Waals surface area (Å²) < 4.78 is 6.56. The molecule has 1 atom stereocenters. The summed E-state index contributed by atoms with van der Waals surface area (Å²) in [7, 11) is 1.58. The molecule has 1 aromatic carbocycles. The fourth-order valence-electron chi connectivity index (χ4n) is 2.27. The van der Waals surface area contributed by atoms with E-state index < -0.39 is 0 Å². The minimum Gasteiger partial charge on any atom is -0.506 e. The van der Waals surface area contributed by atoms with Gasteiger partial charge in [0.25, 0.3) is 5.91 Å². The number of morpholine rings is 1. The number of phenols is 1. The molecule has 1 aromatic rings. The van der Waals surface area contributed by atoms with Crippen LogP contribution in [-0.4, -0.2) is 41.4 Å². The van der Waals surface area contributed by atoms with Crippen LogP contribution in [0.3, 0.4) is 0 Å². The summed E-state index contributed by atoms with van der Waals surface area (Å²) in [6.45, 7) is 3.92. The second-order valence-electron chi connectivity index (χ2n) is 5.19. The van der Waals surface area contributed by atoms with Crippen molar-refractivity contribution in [3.8, 4) is 5.75 Å². The first kappa shape index (κ1) is 17.8. The molecule has 1 heterocycles. The number of carbonyl (C=O) groups excluding carboxylic acids is 1. The standard InChI is InChI=1S/C15H17Br2N3O3/c1-7-6-20(14(19-3)13(23-7)8(2)18)15(22)9-4-10(16)12(21)11(17)5-9/h4-5,7,21H,6,18H2,1-3H3/t7-/m1/s1. The van der Waals surface area contributed by atoms with Crippen molar-refractivity contribution >= 4 is 43.6 Å². The quantitative estimate of drug-likeness (QED) is 0.693. The lowest BCUT2D eigenvalue weighted by molar-refractivity contribution is 0.0620. The van der Waals surface area contributed by atoms with E-state index in [1.54, 1.807) is 26.1 Å². The van der Waals surface area contributed by atoms with E-state index in [9.17, 15) is 9.90 Å². The Morgan fingerprint density at radius 1 is 1.43 bits per heavy atom. The second-order valence-corrected chi connectivity index (χ2v) is 6.90. The predicted molar refractivity (Wildman–Crippen MR) is 95.3 cm³/mol. The summed E-state index contributed by atoms with van der Waals surface area (Å²) in [5.41, 5.74) is 6.72. The molecule has 6 nitrogen and oxygen atoms in total. The Morgan fingerprint density at radius 2 is 2.00 bits per heavy atom. The number of nitrogens with zero attached hydrogens (tertiary/aromatic N) is 2. The highest BCUT2D eigenvalue weighted by atomic mass is 79.9. The fourth-order valence-corrected chi connectivity index (χ4v) is 3.46. The Labute approximate surface area is 151 Å².